The van der Waals surface area contributed by atoms with E-state index in [2.05, 4.69) is 6.92 Å². The lowest BCUT2D eigenvalue weighted by atomic mass is 10.2. The van der Waals surface area contributed by atoms with Crippen molar-refractivity contribution in [3.63, 3.8) is 0 Å². The zero-order chi connectivity index (χ0) is 10.5. The number of nitrogens with two attached hydrogens (primary N) is 1. The van der Waals surface area contributed by atoms with Crippen LogP contribution in [0.1, 0.15) is 34.1 Å². The molecule has 3 heteroatoms. The van der Waals surface area contributed by atoms with Crippen LogP contribution < -0.4 is 5.73 Å². The summed E-state index contributed by atoms with van der Waals surface area (Å²) in [4.78, 5) is 0. The van der Waals surface area contributed by atoms with E-state index in [4.69, 9.17) is 15.2 Å². The molecule has 0 saturated heterocycles. The number of ether oxygens (including phenoxy) is 2. The third kappa shape index (κ3) is 8.22. The maximum atomic E-state index is 5.68. The molecule has 0 aliphatic carbocycles. The Hall–Kier alpha value is -0.120. The van der Waals surface area contributed by atoms with Crippen molar-refractivity contribution in [1.29, 1.82) is 0 Å². The first-order valence-corrected chi connectivity index (χ1v) is 4.69. The van der Waals surface area contributed by atoms with Gasteiger partial charge in [-0.25, -0.2) is 0 Å². The second kappa shape index (κ2) is 4.94. The summed E-state index contributed by atoms with van der Waals surface area (Å²) in [5.74, 6) is 0. The van der Waals surface area contributed by atoms with Gasteiger partial charge in [0.1, 0.15) is 5.72 Å². The van der Waals surface area contributed by atoms with E-state index < -0.39 is 5.72 Å². The summed E-state index contributed by atoms with van der Waals surface area (Å²) in [6.45, 7) is 12.7. The molecule has 13 heavy (non-hydrogen) atoms. The molecule has 0 amide bonds. The van der Waals surface area contributed by atoms with Gasteiger partial charge in [-0.3, -0.25) is 0 Å². The SMILES string of the molecule is [CH2]C(N)(CC)OCCOC(C)(C)C. The number of rotatable bonds is 5. The molecule has 79 valence electrons. The monoisotopic (exact) mass is 188 g/mol. The molecule has 0 saturated carbocycles. The van der Waals surface area contributed by atoms with Crippen LogP contribution in [0.15, 0.2) is 0 Å². The molecule has 0 heterocycles. The van der Waals surface area contributed by atoms with Crippen LogP contribution >= 0.6 is 0 Å². The topological polar surface area (TPSA) is 44.5 Å². The second-order valence-corrected chi connectivity index (χ2v) is 4.23. The zero-order valence-corrected chi connectivity index (χ0v) is 9.22. The predicted octanol–water partition coefficient (Wildman–Crippen LogP) is 1.72. The highest BCUT2D eigenvalue weighted by molar-refractivity contribution is 4.73. The van der Waals surface area contributed by atoms with Crippen LogP contribution in [0.5, 0.6) is 0 Å². The van der Waals surface area contributed by atoms with Gasteiger partial charge >= 0.3 is 0 Å². The van der Waals surface area contributed by atoms with E-state index in [1.807, 2.05) is 27.7 Å². The molecule has 3 nitrogen and oxygen atoms in total. The van der Waals surface area contributed by atoms with Gasteiger partial charge in [-0.05, 0) is 34.1 Å². The standard InChI is InChI=1S/C10H22NO2/c1-6-10(5,11)13-8-7-12-9(2,3)4/h5-8,11H2,1-4H3. The van der Waals surface area contributed by atoms with Crippen molar-refractivity contribution in [3.05, 3.63) is 6.92 Å². The van der Waals surface area contributed by atoms with Crippen LogP contribution in [-0.2, 0) is 9.47 Å². The highest BCUT2D eigenvalue weighted by atomic mass is 16.5. The van der Waals surface area contributed by atoms with E-state index in [0.29, 0.717) is 19.6 Å². The second-order valence-electron chi connectivity index (χ2n) is 4.23. The van der Waals surface area contributed by atoms with Crippen LogP contribution in [0.25, 0.3) is 0 Å². The van der Waals surface area contributed by atoms with E-state index >= 15 is 0 Å². The van der Waals surface area contributed by atoms with E-state index in [0.717, 1.165) is 0 Å². The van der Waals surface area contributed by atoms with Gasteiger partial charge < -0.3 is 15.2 Å². The Morgan fingerprint density at radius 3 is 2.00 bits per heavy atom. The summed E-state index contributed by atoms with van der Waals surface area (Å²) in [5, 5.41) is 0. The van der Waals surface area contributed by atoms with E-state index in [1.165, 1.54) is 0 Å². The Morgan fingerprint density at radius 1 is 1.15 bits per heavy atom. The molecule has 1 unspecified atom stereocenters. The van der Waals surface area contributed by atoms with Gasteiger partial charge in [0.25, 0.3) is 0 Å². The summed E-state index contributed by atoms with van der Waals surface area (Å²) < 4.78 is 10.8. The fraction of sp³-hybridized carbons (Fsp3) is 0.900. The van der Waals surface area contributed by atoms with E-state index in [1.54, 1.807) is 0 Å². The Balaban J connectivity index is 3.47. The first-order valence-electron chi connectivity index (χ1n) is 4.69. The minimum Gasteiger partial charge on any atom is -0.373 e. The third-order valence-electron chi connectivity index (χ3n) is 1.61. The molecular weight excluding hydrogens is 166 g/mol. The summed E-state index contributed by atoms with van der Waals surface area (Å²) in [6.07, 6.45) is 0.697. The summed E-state index contributed by atoms with van der Waals surface area (Å²) >= 11 is 0. The molecule has 0 fully saturated rings. The smallest absolute Gasteiger partial charge is 0.116 e. The van der Waals surface area contributed by atoms with Crippen molar-refractivity contribution in [1.82, 2.24) is 0 Å². The van der Waals surface area contributed by atoms with Crippen molar-refractivity contribution in [3.8, 4) is 0 Å². The predicted molar refractivity (Wildman–Crippen MR) is 54.2 cm³/mol. The molecule has 0 rings (SSSR count). The van der Waals surface area contributed by atoms with Gasteiger partial charge in [0.05, 0.1) is 18.8 Å². The molecule has 0 aromatic rings. The highest BCUT2D eigenvalue weighted by Gasteiger charge is 2.16. The molecule has 0 aromatic heterocycles. The van der Waals surface area contributed by atoms with Gasteiger partial charge in [-0.2, -0.15) is 0 Å². The van der Waals surface area contributed by atoms with Gasteiger partial charge in [-0.15, -0.1) is 0 Å². The number of hydrogen-bond donors (Lipinski definition) is 1. The minimum atomic E-state index is -0.763. The van der Waals surface area contributed by atoms with Crippen molar-refractivity contribution in [2.24, 2.45) is 5.73 Å². The average molecular weight is 188 g/mol. The lowest BCUT2D eigenvalue weighted by molar-refractivity contribution is -0.0742. The van der Waals surface area contributed by atoms with Gasteiger partial charge in [-0.1, -0.05) is 6.92 Å². The normalized spacial score (nSPS) is 17.1. The van der Waals surface area contributed by atoms with Crippen molar-refractivity contribution < 1.29 is 9.47 Å². The largest absolute Gasteiger partial charge is 0.373 e. The molecule has 1 radical (unpaired) electrons. The Kier molecular flexibility index (Phi) is 4.89. The molecular formula is C10H22NO2. The first-order chi connectivity index (χ1) is 5.77. The van der Waals surface area contributed by atoms with Gasteiger partial charge in [0.2, 0.25) is 0 Å². The molecule has 0 aliphatic rings. The quantitative estimate of drug-likeness (QED) is 0.527. The summed E-state index contributed by atoms with van der Waals surface area (Å²) in [6, 6.07) is 0. The number of hydrogen-bond acceptors (Lipinski definition) is 3. The van der Waals surface area contributed by atoms with Crippen LogP contribution in [0, 0.1) is 6.92 Å². The van der Waals surface area contributed by atoms with E-state index in [-0.39, 0.29) is 5.60 Å². The van der Waals surface area contributed by atoms with E-state index in [9.17, 15) is 0 Å². The summed E-state index contributed by atoms with van der Waals surface area (Å²) in [7, 11) is 0. The van der Waals surface area contributed by atoms with Crippen molar-refractivity contribution in [2.75, 3.05) is 13.2 Å². The fourth-order valence-electron chi connectivity index (χ4n) is 0.695. The Morgan fingerprint density at radius 2 is 1.62 bits per heavy atom. The lowest BCUT2D eigenvalue weighted by Gasteiger charge is -2.25. The molecule has 0 bridgehead atoms. The molecule has 0 spiro atoms. The molecule has 2 N–H and O–H groups in total. The molecule has 0 aromatic carbocycles. The Labute approximate surface area is 81.6 Å². The maximum Gasteiger partial charge on any atom is 0.116 e. The lowest BCUT2D eigenvalue weighted by Crippen LogP contribution is -2.40. The molecule has 0 aliphatic heterocycles. The van der Waals surface area contributed by atoms with Gasteiger partial charge in [0.15, 0.2) is 0 Å². The van der Waals surface area contributed by atoms with Crippen LogP contribution in [0.2, 0.25) is 0 Å². The van der Waals surface area contributed by atoms with Crippen LogP contribution in [0.4, 0.5) is 0 Å². The first kappa shape index (κ1) is 12.9. The van der Waals surface area contributed by atoms with Crippen LogP contribution in [0.3, 0.4) is 0 Å². The Bertz CT molecular complexity index is 138. The highest BCUT2D eigenvalue weighted by Crippen LogP contribution is 2.08. The fourth-order valence-corrected chi connectivity index (χ4v) is 0.695. The zero-order valence-electron chi connectivity index (χ0n) is 9.22. The van der Waals surface area contributed by atoms with Gasteiger partial charge in [0, 0.05) is 0 Å². The average Bonchev–Trinajstić information content (AvgIpc) is 1.97. The van der Waals surface area contributed by atoms with Crippen molar-refractivity contribution >= 4 is 0 Å². The minimum absolute atomic E-state index is 0.117. The summed E-state index contributed by atoms with van der Waals surface area (Å²) in [5.41, 5.74) is 4.80. The van der Waals surface area contributed by atoms with Crippen molar-refractivity contribution in [2.45, 2.75) is 45.4 Å². The maximum absolute atomic E-state index is 5.68. The molecule has 1 atom stereocenters. The third-order valence-corrected chi connectivity index (χ3v) is 1.61. The van der Waals surface area contributed by atoms with Crippen LogP contribution in [-0.4, -0.2) is 24.5 Å².